The number of rotatable bonds is 5. The molecule has 0 aliphatic carbocycles. The molecule has 0 atom stereocenters. The number of nitrogen functional groups attached to an aromatic ring is 1. The van der Waals surface area contributed by atoms with Crippen LogP contribution in [-0.4, -0.2) is 41.2 Å². The van der Waals surface area contributed by atoms with E-state index in [1.165, 1.54) is 4.90 Å². The van der Waals surface area contributed by atoms with Gasteiger partial charge in [-0.25, -0.2) is 0 Å². The predicted molar refractivity (Wildman–Crippen MR) is 76.6 cm³/mol. The van der Waals surface area contributed by atoms with Gasteiger partial charge in [-0.15, -0.1) is 0 Å². The maximum Gasteiger partial charge on any atom is 0.276 e. The van der Waals surface area contributed by atoms with Crippen LogP contribution >= 0.6 is 0 Å². The quantitative estimate of drug-likeness (QED) is 0.864. The Labute approximate surface area is 117 Å². The summed E-state index contributed by atoms with van der Waals surface area (Å²) in [6, 6.07) is 9.47. The van der Waals surface area contributed by atoms with Crippen LogP contribution in [0.25, 0.3) is 0 Å². The van der Waals surface area contributed by atoms with Crippen LogP contribution in [0.2, 0.25) is 0 Å². The number of hydrogen-bond donors (Lipinski definition) is 2. The molecular formula is C14H18N4O2. The van der Waals surface area contributed by atoms with Crippen molar-refractivity contribution in [3.8, 4) is 5.75 Å². The van der Waals surface area contributed by atoms with E-state index in [2.05, 4.69) is 10.2 Å². The van der Waals surface area contributed by atoms with Crippen molar-refractivity contribution in [1.82, 2.24) is 15.1 Å². The van der Waals surface area contributed by atoms with Crippen LogP contribution < -0.4 is 10.5 Å². The molecule has 1 aromatic heterocycles. The summed E-state index contributed by atoms with van der Waals surface area (Å²) in [4.78, 5) is 13.7. The molecule has 1 amide bonds. The summed E-state index contributed by atoms with van der Waals surface area (Å²) in [6.07, 6.45) is 0. The standard InChI is InChI=1S/C14H18N4O2/c1-10-12(15)13(17-16-10)14(19)18(2)8-9-20-11-6-4-3-5-7-11/h3-7H,8-9,15H2,1-2H3,(H,16,17). The second-order valence-electron chi connectivity index (χ2n) is 4.50. The number of amides is 1. The summed E-state index contributed by atoms with van der Waals surface area (Å²) >= 11 is 0. The minimum Gasteiger partial charge on any atom is -0.492 e. The van der Waals surface area contributed by atoms with E-state index in [-0.39, 0.29) is 11.6 Å². The van der Waals surface area contributed by atoms with Gasteiger partial charge in [0.25, 0.3) is 5.91 Å². The smallest absolute Gasteiger partial charge is 0.276 e. The van der Waals surface area contributed by atoms with Crippen LogP contribution in [-0.2, 0) is 0 Å². The number of hydrogen-bond acceptors (Lipinski definition) is 4. The Morgan fingerprint density at radius 2 is 2.10 bits per heavy atom. The Hall–Kier alpha value is -2.50. The molecule has 0 fully saturated rings. The third-order valence-corrected chi connectivity index (χ3v) is 2.98. The summed E-state index contributed by atoms with van der Waals surface area (Å²) in [6.45, 7) is 2.65. The third-order valence-electron chi connectivity index (χ3n) is 2.98. The first-order valence-electron chi connectivity index (χ1n) is 6.33. The van der Waals surface area contributed by atoms with Crippen molar-refractivity contribution in [3.05, 3.63) is 41.7 Å². The fraction of sp³-hybridized carbons (Fsp3) is 0.286. The van der Waals surface area contributed by atoms with Crippen molar-refractivity contribution in [3.63, 3.8) is 0 Å². The second-order valence-corrected chi connectivity index (χ2v) is 4.50. The third kappa shape index (κ3) is 3.09. The van der Waals surface area contributed by atoms with Gasteiger partial charge >= 0.3 is 0 Å². The molecule has 2 aromatic rings. The lowest BCUT2D eigenvalue weighted by Gasteiger charge is -2.16. The van der Waals surface area contributed by atoms with Crippen LogP contribution in [0.3, 0.4) is 0 Å². The fourth-order valence-corrected chi connectivity index (χ4v) is 1.70. The Bertz CT molecular complexity index is 580. The van der Waals surface area contributed by atoms with E-state index >= 15 is 0 Å². The van der Waals surface area contributed by atoms with Crippen LogP contribution in [0.4, 0.5) is 5.69 Å². The van der Waals surface area contributed by atoms with Gasteiger partial charge in [0.2, 0.25) is 0 Å². The van der Waals surface area contributed by atoms with Crippen LogP contribution in [0.15, 0.2) is 30.3 Å². The molecule has 0 saturated heterocycles. The molecule has 1 heterocycles. The first-order valence-corrected chi connectivity index (χ1v) is 6.33. The number of likely N-dealkylation sites (N-methyl/N-ethyl adjacent to an activating group) is 1. The highest BCUT2D eigenvalue weighted by Crippen LogP contribution is 2.14. The zero-order valence-electron chi connectivity index (χ0n) is 11.6. The van der Waals surface area contributed by atoms with Crippen molar-refractivity contribution in [2.24, 2.45) is 0 Å². The summed E-state index contributed by atoms with van der Waals surface area (Å²) in [5, 5.41) is 6.62. The Kier molecular flexibility index (Phi) is 4.24. The first kappa shape index (κ1) is 13.9. The number of benzene rings is 1. The Morgan fingerprint density at radius 1 is 1.40 bits per heavy atom. The number of ether oxygens (including phenoxy) is 1. The van der Waals surface area contributed by atoms with Crippen LogP contribution in [0.5, 0.6) is 5.75 Å². The molecule has 0 bridgehead atoms. The van der Waals surface area contributed by atoms with E-state index in [4.69, 9.17) is 10.5 Å². The lowest BCUT2D eigenvalue weighted by atomic mass is 10.3. The lowest BCUT2D eigenvalue weighted by Crippen LogP contribution is -2.31. The van der Waals surface area contributed by atoms with Gasteiger partial charge in [-0.3, -0.25) is 9.89 Å². The van der Waals surface area contributed by atoms with Crippen LogP contribution in [0, 0.1) is 6.92 Å². The molecule has 0 aliphatic heterocycles. The van der Waals surface area contributed by atoms with Gasteiger partial charge in [0, 0.05) is 7.05 Å². The molecular weight excluding hydrogens is 256 g/mol. The molecule has 106 valence electrons. The van der Waals surface area contributed by atoms with E-state index in [0.717, 1.165) is 5.75 Å². The maximum absolute atomic E-state index is 12.1. The minimum atomic E-state index is -0.219. The topological polar surface area (TPSA) is 84.2 Å². The summed E-state index contributed by atoms with van der Waals surface area (Å²) < 4.78 is 5.54. The normalized spacial score (nSPS) is 10.3. The van der Waals surface area contributed by atoms with Gasteiger partial charge in [0.1, 0.15) is 12.4 Å². The van der Waals surface area contributed by atoms with Gasteiger partial charge in [-0.1, -0.05) is 18.2 Å². The number of carbonyl (C=O) groups excluding carboxylic acids is 1. The molecule has 1 aromatic carbocycles. The van der Waals surface area contributed by atoms with E-state index in [1.54, 1.807) is 14.0 Å². The fourth-order valence-electron chi connectivity index (χ4n) is 1.70. The number of carbonyl (C=O) groups is 1. The zero-order chi connectivity index (χ0) is 14.5. The molecule has 2 rings (SSSR count). The number of aryl methyl sites for hydroxylation is 1. The lowest BCUT2D eigenvalue weighted by molar-refractivity contribution is 0.0769. The summed E-state index contributed by atoms with van der Waals surface area (Å²) in [7, 11) is 1.69. The highest BCUT2D eigenvalue weighted by Gasteiger charge is 2.19. The van der Waals surface area contributed by atoms with Crippen molar-refractivity contribution in [2.45, 2.75) is 6.92 Å². The van der Waals surface area contributed by atoms with E-state index in [1.807, 2.05) is 30.3 Å². The van der Waals surface area contributed by atoms with Gasteiger partial charge in [-0.2, -0.15) is 5.10 Å². The summed E-state index contributed by atoms with van der Waals surface area (Å²) in [5.74, 6) is 0.562. The molecule has 0 radical (unpaired) electrons. The molecule has 3 N–H and O–H groups in total. The molecule has 0 spiro atoms. The molecule has 6 nitrogen and oxygen atoms in total. The number of H-pyrrole nitrogens is 1. The van der Waals surface area contributed by atoms with E-state index < -0.39 is 0 Å². The number of nitrogens with two attached hydrogens (primary N) is 1. The number of nitrogens with one attached hydrogen (secondary N) is 1. The first-order chi connectivity index (χ1) is 9.59. The maximum atomic E-state index is 12.1. The number of aromatic nitrogens is 2. The monoisotopic (exact) mass is 274 g/mol. The largest absolute Gasteiger partial charge is 0.492 e. The Balaban J connectivity index is 1.87. The van der Waals surface area contributed by atoms with Gasteiger partial charge in [-0.05, 0) is 19.1 Å². The average Bonchev–Trinajstić information content (AvgIpc) is 2.79. The molecule has 20 heavy (non-hydrogen) atoms. The van der Waals surface area contributed by atoms with Crippen molar-refractivity contribution in [2.75, 3.05) is 25.9 Å². The number of para-hydroxylation sites is 1. The number of anilines is 1. The van der Waals surface area contributed by atoms with Gasteiger partial charge in [0.15, 0.2) is 5.69 Å². The van der Waals surface area contributed by atoms with Crippen LogP contribution in [0.1, 0.15) is 16.2 Å². The SMILES string of the molecule is Cc1[nH]nc(C(=O)N(C)CCOc2ccccc2)c1N. The zero-order valence-corrected chi connectivity index (χ0v) is 11.6. The van der Waals surface area contributed by atoms with E-state index in [9.17, 15) is 4.79 Å². The molecule has 0 saturated carbocycles. The highest BCUT2D eigenvalue weighted by molar-refractivity contribution is 5.97. The average molecular weight is 274 g/mol. The van der Waals surface area contributed by atoms with Crippen molar-refractivity contribution < 1.29 is 9.53 Å². The van der Waals surface area contributed by atoms with Crippen molar-refractivity contribution in [1.29, 1.82) is 0 Å². The van der Waals surface area contributed by atoms with Gasteiger partial charge < -0.3 is 15.4 Å². The van der Waals surface area contributed by atoms with E-state index in [0.29, 0.717) is 24.5 Å². The number of aromatic amines is 1. The highest BCUT2D eigenvalue weighted by atomic mass is 16.5. The molecule has 6 heteroatoms. The Morgan fingerprint density at radius 3 is 2.70 bits per heavy atom. The number of nitrogens with zero attached hydrogens (tertiary/aromatic N) is 2. The second kappa shape index (κ2) is 6.10. The summed E-state index contributed by atoms with van der Waals surface area (Å²) in [5.41, 5.74) is 7.13. The molecule has 0 aliphatic rings. The predicted octanol–water partition coefficient (Wildman–Crippen LogP) is 1.45. The van der Waals surface area contributed by atoms with Crippen molar-refractivity contribution >= 4 is 11.6 Å². The minimum absolute atomic E-state index is 0.219. The van der Waals surface area contributed by atoms with Gasteiger partial charge in [0.05, 0.1) is 17.9 Å². The molecule has 0 unspecified atom stereocenters.